The number of ether oxygens (including phenoxy) is 1. The Kier molecular flexibility index (Phi) is 5.97. The molecule has 27 heavy (non-hydrogen) atoms. The molecule has 3 aromatic rings. The van der Waals surface area contributed by atoms with Crippen molar-refractivity contribution in [3.8, 4) is 17.0 Å². The van der Waals surface area contributed by atoms with Gasteiger partial charge in [-0.25, -0.2) is 4.98 Å². The summed E-state index contributed by atoms with van der Waals surface area (Å²) in [5.74, 6) is 0.947. The molecule has 0 spiro atoms. The Labute approximate surface area is 160 Å². The van der Waals surface area contributed by atoms with Gasteiger partial charge in [-0.3, -0.25) is 9.78 Å². The zero-order chi connectivity index (χ0) is 19.2. The quantitative estimate of drug-likeness (QED) is 0.609. The van der Waals surface area contributed by atoms with Crippen LogP contribution in [-0.4, -0.2) is 22.9 Å². The van der Waals surface area contributed by atoms with Gasteiger partial charge in [-0.15, -0.1) is 0 Å². The van der Waals surface area contributed by atoms with Gasteiger partial charge < -0.3 is 4.74 Å². The van der Waals surface area contributed by atoms with Gasteiger partial charge in [-0.2, -0.15) is 0 Å². The molecule has 0 saturated heterocycles. The number of aryl methyl sites for hydroxylation is 1. The van der Waals surface area contributed by atoms with Gasteiger partial charge in [0.1, 0.15) is 5.78 Å². The van der Waals surface area contributed by atoms with Crippen molar-refractivity contribution in [1.82, 2.24) is 9.97 Å². The van der Waals surface area contributed by atoms with Crippen LogP contribution in [0.3, 0.4) is 0 Å². The zero-order valence-electron chi connectivity index (χ0n) is 16.0. The lowest BCUT2D eigenvalue weighted by atomic mass is 9.94. The molecule has 0 amide bonds. The maximum Gasteiger partial charge on any atom is 0.212 e. The van der Waals surface area contributed by atoms with Gasteiger partial charge >= 0.3 is 0 Å². The number of hydrogen-bond donors (Lipinski definition) is 0. The number of hydrogen-bond acceptors (Lipinski definition) is 4. The van der Waals surface area contributed by atoms with Crippen molar-refractivity contribution < 1.29 is 9.53 Å². The number of rotatable bonds is 7. The highest BCUT2D eigenvalue weighted by Crippen LogP contribution is 2.23. The summed E-state index contributed by atoms with van der Waals surface area (Å²) in [6, 6.07) is 16.0. The van der Waals surface area contributed by atoms with Crippen molar-refractivity contribution in [2.24, 2.45) is 0 Å². The number of pyridine rings is 2. The minimum absolute atomic E-state index is 0.134. The molecule has 0 fully saturated rings. The lowest BCUT2D eigenvalue weighted by Crippen LogP contribution is -2.08. The summed E-state index contributed by atoms with van der Waals surface area (Å²) in [5, 5.41) is 0. The lowest BCUT2D eigenvalue weighted by molar-refractivity contribution is -0.118. The molecule has 1 aromatic carbocycles. The average molecular weight is 360 g/mol. The maximum absolute atomic E-state index is 12.5. The molecule has 138 valence electrons. The maximum atomic E-state index is 12.5. The average Bonchev–Trinajstić information content (AvgIpc) is 2.68. The highest BCUT2D eigenvalue weighted by Gasteiger charge is 2.13. The number of aromatic nitrogens is 2. The van der Waals surface area contributed by atoms with E-state index in [0.29, 0.717) is 18.7 Å². The van der Waals surface area contributed by atoms with E-state index in [9.17, 15) is 4.79 Å². The van der Waals surface area contributed by atoms with E-state index in [1.165, 1.54) is 0 Å². The van der Waals surface area contributed by atoms with Crippen molar-refractivity contribution in [1.29, 1.82) is 0 Å². The number of benzene rings is 1. The van der Waals surface area contributed by atoms with E-state index in [1.54, 1.807) is 13.3 Å². The normalized spacial score (nSPS) is 11.8. The molecule has 1 atom stereocenters. The Morgan fingerprint density at radius 1 is 1.04 bits per heavy atom. The molecule has 0 N–H and O–H groups in total. The summed E-state index contributed by atoms with van der Waals surface area (Å²) >= 11 is 0. The second kappa shape index (κ2) is 8.58. The lowest BCUT2D eigenvalue weighted by Gasteiger charge is -2.11. The Balaban J connectivity index is 1.60. The fourth-order valence-corrected chi connectivity index (χ4v) is 3.10. The van der Waals surface area contributed by atoms with Crippen LogP contribution >= 0.6 is 0 Å². The van der Waals surface area contributed by atoms with Gasteiger partial charge in [-0.05, 0) is 47.2 Å². The largest absolute Gasteiger partial charge is 0.481 e. The Bertz CT molecular complexity index is 902. The molecule has 3 rings (SSSR count). The topological polar surface area (TPSA) is 52.1 Å². The SMILES string of the molecule is COc1ccc(C(C)CC(=O)Cc2ccc(-c3ccnc(C)c3)cc2)cn1. The van der Waals surface area contributed by atoms with Crippen LogP contribution in [-0.2, 0) is 11.2 Å². The summed E-state index contributed by atoms with van der Waals surface area (Å²) in [6.07, 6.45) is 4.54. The summed E-state index contributed by atoms with van der Waals surface area (Å²) in [5.41, 5.74) is 5.35. The third kappa shape index (κ3) is 5.00. The molecule has 0 aliphatic carbocycles. The molecule has 0 aliphatic heterocycles. The Hall–Kier alpha value is -3.01. The van der Waals surface area contributed by atoms with Gasteiger partial charge in [0, 0.05) is 37.0 Å². The molecule has 0 saturated carbocycles. The van der Waals surface area contributed by atoms with Crippen LogP contribution in [0.1, 0.15) is 36.1 Å². The molecular formula is C23H24N2O2. The number of ketones is 1. The third-order valence-electron chi connectivity index (χ3n) is 4.66. The number of nitrogens with zero attached hydrogens (tertiary/aromatic N) is 2. The van der Waals surface area contributed by atoms with E-state index in [1.807, 2.05) is 43.5 Å². The highest BCUT2D eigenvalue weighted by atomic mass is 16.5. The Morgan fingerprint density at radius 2 is 1.81 bits per heavy atom. The summed E-state index contributed by atoms with van der Waals surface area (Å²) < 4.78 is 5.08. The van der Waals surface area contributed by atoms with E-state index < -0.39 is 0 Å². The van der Waals surface area contributed by atoms with E-state index in [4.69, 9.17) is 4.74 Å². The van der Waals surface area contributed by atoms with Crippen LogP contribution in [0, 0.1) is 6.92 Å². The second-order valence-corrected chi connectivity index (χ2v) is 6.84. The van der Waals surface area contributed by atoms with Gasteiger partial charge in [0.25, 0.3) is 0 Å². The monoisotopic (exact) mass is 360 g/mol. The van der Waals surface area contributed by atoms with E-state index in [2.05, 4.69) is 35.1 Å². The first kappa shape index (κ1) is 18.8. The van der Waals surface area contributed by atoms with Crippen molar-refractivity contribution >= 4 is 5.78 Å². The minimum atomic E-state index is 0.134. The van der Waals surface area contributed by atoms with Crippen LogP contribution in [0.15, 0.2) is 60.9 Å². The molecular weight excluding hydrogens is 336 g/mol. The van der Waals surface area contributed by atoms with Gasteiger partial charge in [0.05, 0.1) is 7.11 Å². The van der Waals surface area contributed by atoms with Crippen molar-refractivity contribution in [3.05, 3.63) is 77.7 Å². The number of carbonyl (C=O) groups is 1. The van der Waals surface area contributed by atoms with Gasteiger partial charge in [-0.1, -0.05) is 37.3 Å². The first-order valence-corrected chi connectivity index (χ1v) is 9.09. The predicted octanol–water partition coefficient (Wildman–Crippen LogP) is 4.77. The van der Waals surface area contributed by atoms with Crippen LogP contribution in [0.2, 0.25) is 0 Å². The summed E-state index contributed by atoms with van der Waals surface area (Å²) in [6.45, 7) is 4.03. The van der Waals surface area contributed by atoms with Crippen LogP contribution in [0.5, 0.6) is 5.88 Å². The fourth-order valence-electron chi connectivity index (χ4n) is 3.10. The molecule has 1 unspecified atom stereocenters. The zero-order valence-corrected chi connectivity index (χ0v) is 16.0. The molecule has 2 aromatic heterocycles. The molecule has 2 heterocycles. The number of Topliss-reactive ketones (excluding diaryl/α,β-unsaturated/α-hetero) is 1. The van der Waals surface area contributed by atoms with Crippen molar-refractivity contribution in [2.45, 2.75) is 32.6 Å². The molecule has 0 bridgehead atoms. The summed E-state index contributed by atoms with van der Waals surface area (Å²) in [7, 11) is 1.59. The first-order valence-electron chi connectivity index (χ1n) is 9.09. The van der Waals surface area contributed by atoms with E-state index in [-0.39, 0.29) is 11.7 Å². The van der Waals surface area contributed by atoms with Crippen molar-refractivity contribution in [3.63, 3.8) is 0 Å². The standard InChI is InChI=1S/C23H24N2O2/c1-16(21-8-9-23(27-3)25-15-21)12-22(26)14-18-4-6-19(7-5-18)20-10-11-24-17(2)13-20/h4-11,13,15-16H,12,14H2,1-3H3. The number of methoxy groups -OCH3 is 1. The predicted molar refractivity (Wildman–Crippen MR) is 107 cm³/mol. The van der Waals surface area contributed by atoms with Crippen molar-refractivity contribution in [2.75, 3.05) is 7.11 Å². The molecule has 4 heteroatoms. The molecule has 0 radical (unpaired) electrons. The first-order chi connectivity index (χ1) is 13.0. The highest BCUT2D eigenvalue weighted by molar-refractivity contribution is 5.81. The van der Waals surface area contributed by atoms with E-state index in [0.717, 1.165) is 27.9 Å². The summed E-state index contributed by atoms with van der Waals surface area (Å²) in [4.78, 5) is 20.9. The smallest absolute Gasteiger partial charge is 0.212 e. The second-order valence-electron chi connectivity index (χ2n) is 6.84. The number of carbonyl (C=O) groups excluding carboxylic acids is 1. The third-order valence-corrected chi connectivity index (χ3v) is 4.66. The minimum Gasteiger partial charge on any atom is -0.481 e. The van der Waals surface area contributed by atoms with E-state index >= 15 is 0 Å². The van der Waals surface area contributed by atoms with Gasteiger partial charge in [0.15, 0.2) is 0 Å². The molecule has 0 aliphatic rings. The van der Waals surface area contributed by atoms with Crippen LogP contribution in [0.4, 0.5) is 0 Å². The fraction of sp³-hybridized carbons (Fsp3) is 0.261. The molecule has 4 nitrogen and oxygen atoms in total. The van der Waals surface area contributed by atoms with Gasteiger partial charge in [0.2, 0.25) is 5.88 Å². The van der Waals surface area contributed by atoms with Crippen LogP contribution in [0.25, 0.3) is 11.1 Å². The van der Waals surface area contributed by atoms with Crippen LogP contribution < -0.4 is 4.74 Å². The Morgan fingerprint density at radius 3 is 2.44 bits per heavy atom.